The zero-order valence-corrected chi connectivity index (χ0v) is 11.1. The number of hydrogen-bond donors (Lipinski definition) is 0. The Morgan fingerprint density at radius 2 is 1.83 bits per heavy atom. The number of carbonyl (C=O) groups excluding carboxylic acids is 2. The Hall–Kier alpha value is -1.84. The van der Waals surface area contributed by atoms with Crippen LogP contribution in [0.1, 0.15) is 19.8 Å². The van der Waals surface area contributed by atoms with E-state index in [0.717, 1.165) is 5.69 Å². The van der Waals surface area contributed by atoms with E-state index in [0.29, 0.717) is 6.42 Å². The molecule has 0 saturated carbocycles. The van der Waals surface area contributed by atoms with Crippen molar-refractivity contribution in [2.24, 2.45) is 5.92 Å². The van der Waals surface area contributed by atoms with E-state index in [1.807, 2.05) is 37.3 Å². The second-order valence-electron chi connectivity index (χ2n) is 4.38. The molecule has 1 atom stereocenters. The molecule has 1 aromatic carbocycles. The fourth-order valence-corrected chi connectivity index (χ4v) is 1.67. The Bertz CT molecular complexity index is 403. The number of amides is 1. The summed E-state index contributed by atoms with van der Waals surface area (Å²) in [6.45, 7) is 1.87. The molecule has 1 unspecified atom stereocenters. The van der Waals surface area contributed by atoms with Crippen molar-refractivity contribution in [3.8, 4) is 0 Å². The Balaban J connectivity index is 2.53. The van der Waals surface area contributed by atoms with Gasteiger partial charge in [0.2, 0.25) is 5.91 Å². The summed E-state index contributed by atoms with van der Waals surface area (Å²) in [6.07, 6.45) is 0.603. The number of carbonyl (C=O) groups is 2. The van der Waals surface area contributed by atoms with E-state index in [2.05, 4.69) is 4.74 Å². The molecule has 0 fully saturated rings. The summed E-state index contributed by atoms with van der Waals surface area (Å²) in [6, 6.07) is 9.43. The highest BCUT2D eigenvalue weighted by atomic mass is 16.5. The van der Waals surface area contributed by atoms with Gasteiger partial charge in [0.1, 0.15) is 0 Å². The molecule has 0 spiro atoms. The van der Waals surface area contributed by atoms with Crippen LogP contribution in [-0.4, -0.2) is 26.0 Å². The van der Waals surface area contributed by atoms with Gasteiger partial charge >= 0.3 is 5.97 Å². The van der Waals surface area contributed by atoms with Gasteiger partial charge in [-0.3, -0.25) is 9.59 Å². The van der Waals surface area contributed by atoms with Crippen molar-refractivity contribution in [3.63, 3.8) is 0 Å². The van der Waals surface area contributed by atoms with Crippen molar-refractivity contribution in [3.05, 3.63) is 30.3 Å². The summed E-state index contributed by atoms with van der Waals surface area (Å²) in [5.41, 5.74) is 0.854. The van der Waals surface area contributed by atoms with Gasteiger partial charge in [0, 0.05) is 25.6 Å². The maximum atomic E-state index is 12.0. The average molecular weight is 249 g/mol. The molecule has 0 aliphatic heterocycles. The zero-order valence-electron chi connectivity index (χ0n) is 11.1. The number of nitrogens with zero attached hydrogens (tertiary/aromatic N) is 1. The van der Waals surface area contributed by atoms with E-state index in [4.69, 9.17) is 0 Å². The molecule has 1 aromatic rings. The Kier molecular flexibility index (Phi) is 5.36. The molecule has 0 saturated heterocycles. The number of methoxy groups -OCH3 is 1. The molecule has 0 radical (unpaired) electrons. The predicted octanol–water partition coefficient (Wildman–Crippen LogP) is 2.24. The first-order valence-electron chi connectivity index (χ1n) is 5.93. The first kappa shape index (κ1) is 14.2. The third-order valence-electron chi connectivity index (χ3n) is 2.78. The summed E-state index contributed by atoms with van der Waals surface area (Å²) in [5.74, 6) is -0.300. The average Bonchev–Trinajstić information content (AvgIpc) is 2.38. The van der Waals surface area contributed by atoms with Crippen LogP contribution < -0.4 is 4.90 Å². The van der Waals surface area contributed by atoms with Crippen LogP contribution >= 0.6 is 0 Å². The zero-order chi connectivity index (χ0) is 13.5. The molecule has 1 rings (SSSR count). The van der Waals surface area contributed by atoms with Gasteiger partial charge in [0.05, 0.1) is 7.11 Å². The largest absolute Gasteiger partial charge is 0.469 e. The molecule has 0 heterocycles. The minimum absolute atomic E-state index is 0.00222. The van der Waals surface area contributed by atoms with Gasteiger partial charge in [-0.15, -0.1) is 0 Å². The lowest BCUT2D eigenvalue weighted by Crippen LogP contribution is -2.28. The number of esters is 1. The Morgan fingerprint density at radius 3 is 2.39 bits per heavy atom. The van der Waals surface area contributed by atoms with Crippen LogP contribution in [0, 0.1) is 5.92 Å². The lowest BCUT2D eigenvalue weighted by Gasteiger charge is -2.19. The van der Waals surface area contributed by atoms with Crippen LogP contribution in [-0.2, 0) is 14.3 Å². The van der Waals surface area contributed by atoms with E-state index in [1.54, 1.807) is 11.9 Å². The fraction of sp³-hybridized carbons (Fsp3) is 0.429. The highest BCUT2D eigenvalue weighted by Crippen LogP contribution is 2.16. The normalized spacial score (nSPS) is 11.7. The van der Waals surface area contributed by atoms with Gasteiger partial charge in [-0.25, -0.2) is 0 Å². The number of rotatable bonds is 5. The van der Waals surface area contributed by atoms with Gasteiger partial charge in [-0.05, 0) is 18.1 Å². The van der Waals surface area contributed by atoms with E-state index >= 15 is 0 Å². The van der Waals surface area contributed by atoms with Crippen molar-refractivity contribution >= 4 is 17.6 Å². The quantitative estimate of drug-likeness (QED) is 0.752. The van der Waals surface area contributed by atoms with Crippen molar-refractivity contribution in [2.45, 2.75) is 19.8 Å². The first-order chi connectivity index (χ1) is 8.54. The summed E-state index contributed by atoms with van der Waals surface area (Å²) in [4.78, 5) is 24.7. The summed E-state index contributed by atoms with van der Waals surface area (Å²) in [7, 11) is 3.09. The predicted molar refractivity (Wildman–Crippen MR) is 70.3 cm³/mol. The number of para-hydroxylation sites is 1. The van der Waals surface area contributed by atoms with Crippen molar-refractivity contribution in [2.75, 3.05) is 19.1 Å². The molecule has 0 N–H and O–H groups in total. The molecule has 0 aromatic heterocycles. The van der Waals surface area contributed by atoms with E-state index in [1.165, 1.54) is 7.11 Å². The minimum atomic E-state index is -0.280. The van der Waals surface area contributed by atoms with Crippen LogP contribution in [0.4, 0.5) is 5.69 Å². The maximum absolute atomic E-state index is 12.0. The molecule has 98 valence electrons. The third kappa shape index (κ3) is 4.20. The first-order valence-corrected chi connectivity index (χ1v) is 5.93. The van der Waals surface area contributed by atoms with Crippen LogP contribution in [0.25, 0.3) is 0 Å². The minimum Gasteiger partial charge on any atom is -0.469 e. The van der Waals surface area contributed by atoms with Crippen molar-refractivity contribution < 1.29 is 14.3 Å². The molecule has 4 heteroatoms. The van der Waals surface area contributed by atoms with Gasteiger partial charge < -0.3 is 9.64 Å². The number of benzene rings is 1. The maximum Gasteiger partial charge on any atom is 0.305 e. The lowest BCUT2D eigenvalue weighted by molar-refractivity contribution is -0.141. The molecule has 4 nitrogen and oxygen atoms in total. The molecule has 0 bridgehead atoms. The SMILES string of the molecule is COC(=O)CC(C)CC(=O)N(C)c1ccccc1. The fourth-order valence-electron chi connectivity index (χ4n) is 1.67. The van der Waals surface area contributed by atoms with Gasteiger partial charge in [0.15, 0.2) is 0 Å². The highest BCUT2D eigenvalue weighted by molar-refractivity contribution is 5.93. The molecule has 0 aliphatic carbocycles. The van der Waals surface area contributed by atoms with Crippen LogP contribution in [0.15, 0.2) is 30.3 Å². The topological polar surface area (TPSA) is 46.6 Å². The van der Waals surface area contributed by atoms with Crippen LogP contribution in [0.2, 0.25) is 0 Å². The molecule has 1 amide bonds. The smallest absolute Gasteiger partial charge is 0.305 e. The van der Waals surface area contributed by atoms with Gasteiger partial charge in [-0.2, -0.15) is 0 Å². The molecule has 0 aliphatic rings. The molecular formula is C14H19NO3. The summed E-state index contributed by atoms with van der Waals surface area (Å²) >= 11 is 0. The standard InChI is InChI=1S/C14H19NO3/c1-11(10-14(17)18-3)9-13(16)15(2)12-7-5-4-6-8-12/h4-8,11H,9-10H2,1-3H3. The van der Waals surface area contributed by atoms with Crippen LogP contribution in [0.5, 0.6) is 0 Å². The summed E-state index contributed by atoms with van der Waals surface area (Å²) < 4.78 is 4.58. The monoisotopic (exact) mass is 249 g/mol. The van der Waals surface area contributed by atoms with Crippen molar-refractivity contribution in [1.82, 2.24) is 0 Å². The van der Waals surface area contributed by atoms with E-state index in [-0.39, 0.29) is 24.2 Å². The van der Waals surface area contributed by atoms with Gasteiger partial charge in [0.25, 0.3) is 0 Å². The van der Waals surface area contributed by atoms with Crippen LogP contribution in [0.3, 0.4) is 0 Å². The van der Waals surface area contributed by atoms with E-state index < -0.39 is 0 Å². The Labute approximate surface area is 108 Å². The van der Waals surface area contributed by atoms with Crippen molar-refractivity contribution in [1.29, 1.82) is 0 Å². The second kappa shape index (κ2) is 6.79. The third-order valence-corrected chi connectivity index (χ3v) is 2.78. The molecule has 18 heavy (non-hydrogen) atoms. The number of anilines is 1. The van der Waals surface area contributed by atoms with Gasteiger partial charge in [-0.1, -0.05) is 25.1 Å². The second-order valence-corrected chi connectivity index (χ2v) is 4.38. The summed E-state index contributed by atoms with van der Waals surface area (Å²) in [5, 5.41) is 0. The lowest BCUT2D eigenvalue weighted by atomic mass is 10.0. The Morgan fingerprint density at radius 1 is 1.22 bits per heavy atom. The number of ether oxygens (including phenoxy) is 1. The van der Waals surface area contributed by atoms with E-state index in [9.17, 15) is 9.59 Å². The highest BCUT2D eigenvalue weighted by Gasteiger charge is 2.17. The molecular weight excluding hydrogens is 230 g/mol. The number of hydrogen-bond acceptors (Lipinski definition) is 3.